The third-order valence-corrected chi connectivity index (χ3v) is 5.63. The highest BCUT2D eigenvalue weighted by Crippen LogP contribution is 2.14. The zero-order valence-electron chi connectivity index (χ0n) is 17.0. The Kier molecular flexibility index (Phi) is 14.9. The molecule has 0 rings (SSSR count). The second-order valence-corrected chi connectivity index (χ2v) is 10.6. The van der Waals surface area contributed by atoms with E-state index in [1.165, 1.54) is 51.4 Å². The first-order valence-corrected chi connectivity index (χ1v) is 13.2. The largest absolute Gasteiger partial charge is 0.485 e. The number of rotatable bonds is 16. The van der Waals surface area contributed by atoms with Crippen LogP contribution in [0.2, 0.25) is 13.1 Å². The fourth-order valence-electron chi connectivity index (χ4n) is 2.77. The van der Waals surface area contributed by atoms with Crippen molar-refractivity contribution in [3.05, 3.63) is 0 Å². The maximum absolute atomic E-state index is 11.9. The van der Waals surface area contributed by atoms with Crippen molar-refractivity contribution < 1.29 is 18.4 Å². The average Bonchev–Trinajstić information content (AvgIpc) is 2.53. The summed E-state index contributed by atoms with van der Waals surface area (Å²) in [4.78, 5) is 23.8. The van der Waals surface area contributed by atoms with Crippen LogP contribution in [0.1, 0.15) is 104 Å². The summed E-state index contributed by atoms with van der Waals surface area (Å²) in [6, 6.07) is 0. The second-order valence-electron chi connectivity index (χ2n) is 7.38. The molecule has 25 heavy (non-hydrogen) atoms. The van der Waals surface area contributed by atoms with Crippen molar-refractivity contribution in [2.45, 2.75) is 117 Å². The van der Waals surface area contributed by atoms with Crippen LogP contribution in [-0.4, -0.2) is 20.5 Å². The molecule has 5 heteroatoms. The highest BCUT2D eigenvalue weighted by Gasteiger charge is 2.33. The van der Waals surface area contributed by atoms with Gasteiger partial charge in [-0.1, -0.05) is 78.1 Å². The van der Waals surface area contributed by atoms with Crippen molar-refractivity contribution >= 4 is 20.5 Å². The molecule has 0 aliphatic heterocycles. The molecule has 0 aromatic rings. The van der Waals surface area contributed by atoms with Gasteiger partial charge in [0.2, 0.25) is 0 Å². The third-order valence-electron chi connectivity index (χ3n) is 4.19. The quantitative estimate of drug-likeness (QED) is 0.236. The van der Waals surface area contributed by atoms with Gasteiger partial charge < -0.3 is 8.85 Å². The van der Waals surface area contributed by atoms with E-state index in [0.29, 0.717) is 12.8 Å². The van der Waals surface area contributed by atoms with Gasteiger partial charge in [0.25, 0.3) is 11.9 Å². The Morgan fingerprint density at radius 3 is 1.28 bits per heavy atom. The van der Waals surface area contributed by atoms with Crippen LogP contribution in [0, 0.1) is 0 Å². The van der Waals surface area contributed by atoms with Crippen molar-refractivity contribution in [2.75, 3.05) is 0 Å². The van der Waals surface area contributed by atoms with Gasteiger partial charge in [-0.15, -0.1) is 0 Å². The monoisotopic (exact) mass is 372 g/mol. The Morgan fingerprint density at radius 1 is 0.600 bits per heavy atom. The molecule has 0 atom stereocenters. The van der Waals surface area contributed by atoms with Gasteiger partial charge in [0.05, 0.1) is 0 Å². The molecule has 0 aromatic heterocycles. The number of unbranched alkanes of at least 4 members (excludes halogenated alkanes) is 10. The molecule has 0 heterocycles. The maximum Gasteiger partial charge on any atom is 0.457 e. The Bertz CT molecular complexity index is 324. The van der Waals surface area contributed by atoms with Gasteiger partial charge in [0, 0.05) is 25.9 Å². The molecular weight excluding hydrogens is 332 g/mol. The van der Waals surface area contributed by atoms with Gasteiger partial charge in [-0.25, -0.2) is 0 Å². The summed E-state index contributed by atoms with van der Waals surface area (Å²) in [6.45, 7) is 7.92. The van der Waals surface area contributed by atoms with E-state index in [9.17, 15) is 9.59 Å². The number of hydrogen-bond acceptors (Lipinski definition) is 4. The molecule has 0 aromatic carbocycles. The molecular formula is C20H40O4Si. The minimum Gasteiger partial charge on any atom is -0.485 e. The standard InChI is InChI=1S/C20H40O4Si/c1-5-7-9-11-13-15-17-19(21)23-25(3,4)24-20(22)18-16-14-12-10-8-6-2/h5-18H2,1-4H3. The molecule has 0 N–H and O–H groups in total. The van der Waals surface area contributed by atoms with Crippen molar-refractivity contribution in [1.82, 2.24) is 0 Å². The lowest BCUT2D eigenvalue weighted by Crippen LogP contribution is -2.39. The predicted octanol–water partition coefficient (Wildman–Crippen LogP) is 6.28. The van der Waals surface area contributed by atoms with E-state index < -0.39 is 8.56 Å². The lowest BCUT2D eigenvalue weighted by molar-refractivity contribution is -0.141. The number of hydrogen-bond donors (Lipinski definition) is 0. The minimum absolute atomic E-state index is 0.223. The molecule has 0 saturated carbocycles. The average molecular weight is 373 g/mol. The molecule has 0 radical (unpaired) electrons. The van der Waals surface area contributed by atoms with Crippen LogP contribution in [0.3, 0.4) is 0 Å². The van der Waals surface area contributed by atoms with Crippen molar-refractivity contribution in [3.63, 3.8) is 0 Å². The van der Waals surface area contributed by atoms with E-state index >= 15 is 0 Å². The summed E-state index contributed by atoms with van der Waals surface area (Å²) < 4.78 is 10.9. The normalized spacial score (nSPS) is 11.4. The molecule has 0 bridgehead atoms. The van der Waals surface area contributed by atoms with Gasteiger partial charge >= 0.3 is 8.56 Å². The van der Waals surface area contributed by atoms with Gasteiger partial charge in [-0.3, -0.25) is 9.59 Å². The summed E-state index contributed by atoms with van der Waals surface area (Å²) >= 11 is 0. The summed E-state index contributed by atoms with van der Waals surface area (Å²) in [5.74, 6) is -0.445. The fraction of sp³-hybridized carbons (Fsp3) is 0.900. The number of carbonyl (C=O) groups excluding carboxylic acids is 2. The Hall–Kier alpha value is -0.843. The topological polar surface area (TPSA) is 52.6 Å². The highest BCUT2D eigenvalue weighted by molar-refractivity contribution is 6.67. The van der Waals surface area contributed by atoms with Crippen molar-refractivity contribution in [1.29, 1.82) is 0 Å². The molecule has 0 fully saturated rings. The number of carbonyl (C=O) groups is 2. The molecule has 0 aliphatic carbocycles. The van der Waals surface area contributed by atoms with E-state index in [-0.39, 0.29) is 11.9 Å². The summed E-state index contributed by atoms with van der Waals surface area (Å²) in [5, 5.41) is 0. The first-order chi connectivity index (χ1) is 11.9. The van der Waals surface area contributed by atoms with Crippen molar-refractivity contribution in [2.24, 2.45) is 0 Å². The summed E-state index contributed by atoms with van der Waals surface area (Å²) in [5.41, 5.74) is 0. The van der Waals surface area contributed by atoms with E-state index in [4.69, 9.17) is 8.85 Å². The van der Waals surface area contributed by atoms with E-state index in [1.54, 1.807) is 13.1 Å². The first-order valence-electron chi connectivity index (χ1n) is 10.3. The van der Waals surface area contributed by atoms with Crippen LogP contribution in [0.15, 0.2) is 0 Å². The molecule has 148 valence electrons. The molecule has 0 saturated heterocycles. The van der Waals surface area contributed by atoms with Gasteiger partial charge in [0.1, 0.15) is 0 Å². The van der Waals surface area contributed by atoms with Crippen LogP contribution in [0.25, 0.3) is 0 Å². The van der Waals surface area contributed by atoms with E-state index in [2.05, 4.69) is 13.8 Å². The molecule has 4 nitrogen and oxygen atoms in total. The SMILES string of the molecule is CCCCCCCCC(=O)O[Si](C)(C)OC(=O)CCCCCCCC. The van der Waals surface area contributed by atoms with E-state index in [1.807, 2.05) is 0 Å². The van der Waals surface area contributed by atoms with E-state index in [0.717, 1.165) is 25.7 Å². The summed E-state index contributed by atoms with van der Waals surface area (Å²) in [7, 11) is -2.69. The molecule has 0 aliphatic rings. The second kappa shape index (κ2) is 15.4. The van der Waals surface area contributed by atoms with Crippen LogP contribution < -0.4 is 0 Å². The van der Waals surface area contributed by atoms with Gasteiger partial charge in [-0.2, -0.15) is 0 Å². The van der Waals surface area contributed by atoms with Crippen LogP contribution >= 0.6 is 0 Å². The first kappa shape index (κ1) is 24.2. The zero-order valence-corrected chi connectivity index (χ0v) is 18.0. The molecule has 0 amide bonds. The fourth-order valence-corrected chi connectivity index (χ4v) is 4.11. The minimum atomic E-state index is -2.69. The smallest absolute Gasteiger partial charge is 0.457 e. The maximum atomic E-state index is 11.9. The molecule has 0 spiro atoms. The Labute approximate surface area is 156 Å². The van der Waals surface area contributed by atoms with Crippen LogP contribution in [0.4, 0.5) is 0 Å². The van der Waals surface area contributed by atoms with Gasteiger partial charge in [-0.05, 0) is 12.8 Å². The van der Waals surface area contributed by atoms with Crippen molar-refractivity contribution in [3.8, 4) is 0 Å². The third kappa shape index (κ3) is 16.4. The van der Waals surface area contributed by atoms with Crippen LogP contribution in [0.5, 0.6) is 0 Å². The zero-order chi connectivity index (χ0) is 19.0. The predicted molar refractivity (Wildman–Crippen MR) is 106 cm³/mol. The van der Waals surface area contributed by atoms with Crippen LogP contribution in [-0.2, 0) is 18.4 Å². The highest BCUT2D eigenvalue weighted by atomic mass is 28.4. The molecule has 0 unspecified atom stereocenters. The lowest BCUT2D eigenvalue weighted by Gasteiger charge is -2.22. The summed E-state index contributed by atoms with van der Waals surface area (Å²) in [6.07, 6.45) is 14.5. The lowest BCUT2D eigenvalue weighted by atomic mass is 10.1. The Balaban J connectivity index is 3.79. The van der Waals surface area contributed by atoms with Gasteiger partial charge in [0.15, 0.2) is 0 Å². The Morgan fingerprint density at radius 2 is 0.920 bits per heavy atom.